The SMILES string of the molecule is NC(=O)CN1CCC[C@@H](C(=O)NC2(c3cc(F)cc(F)c3)CC2)C1. The van der Waals surface area contributed by atoms with Crippen LogP contribution in [0.4, 0.5) is 8.78 Å². The fraction of sp³-hybridized carbons (Fsp3) is 0.529. The first kappa shape index (κ1) is 16.8. The van der Waals surface area contributed by atoms with Crippen LogP contribution >= 0.6 is 0 Å². The summed E-state index contributed by atoms with van der Waals surface area (Å²) in [5.41, 5.74) is 5.02. The van der Waals surface area contributed by atoms with Gasteiger partial charge in [-0.3, -0.25) is 14.5 Å². The molecule has 0 unspecified atom stereocenters. The summed E-state index contributed by atoms with van der Waals surface area (Å²) in [5.74, 6) is -2.07. The van der Waals surface area contributed by atoms with Crippen molar-refractivity contribution in [3.8, 4) is 0 Å². The number of hydrogen-bond acceptors (Lipinski definition) is 3. The molecule has 1 aromatic carbocycles. The van der Waals surface area contributed by atoms with Crippen LogP contribution in [0.2, 0.25) is 0 Å². The van der Waals surface area contributed by atoms with Gasteiger partial charge in [-0.15, -0.1) is 0 Å². The van der Waals surface area contributed by atoms with Crippen LogP contribution in [0.3, 0.4) is 0 Å². The number of carbonyl (C=O) groups excluding carboxylic acids is 2. The highest BCUT2D eigenvalue weighted by Gasteiger charge is 2.47. The van der Waals surface area contributed by atoms with Crippen molar-refractivity contribution in [3.63, 3.8) is 0 Å². The van der Waals surface area contributed by atoms with Gasteiger partial charge in [-0.1, -0.05) is 0 Å². The molecule has 0 radical (unpaired) electrons. The maximum absolute atomic E-state index is 13.4. The Morgan fingerprint density at radius 1 is 1.25 bits per heavy atom. The minimum Gasteiger partial charge on any atom is -0.369 e. The number of nitrogens with zero attached hydrogens (tertiary/aromatic N) is 1. The number of primary amides is 1. The topological polar surface area (TPSA) is 75.4 Å². The molecule has 1 heterocycles. The van der Waals surface area contributed by atoms with E-state index in [0.717, 1.165) is 25.5 Å². The van der Waals surface area contributed by atoms with E-state index in [-0.39, 0.29) is 18.4 Å². The molecule has 0 spiro atoms. The maximum Gasteiger partial charge on any atom is 0.231 e. The molecule has 24 heavy (non-hydrogen) atoms. The molecule has 3 N–H and O–H groups in total. The lowest BCUT2D eigenvalue weighted by Gasteiger charge is -2.32. The lowest BCUT2D eigenvalue weighted by atomic mass is 9.95. The first-order valence-electron chi connectivity index (χ1n) is 8.17. The van der Waals surface area contributed by atoms with Gasteiger partial charge in [-0.25, -0.2) is 8.78 Å². The molecule has 2 amide bonds. The molecule has 1 atom stereocenters. The van der Waals surface area contributed by atoms with Crippen LogP contribution < -0.4 is 11.1 Å². The summed E-state index contributed by atoms with van der Waals surface area (Å²) in [4.78, 5) is 25.5. The number of halogens is 2. The molecule has 2 fully saturated rings. The lowest BCUT2D eigenvalue weighted by molar-refractivity contribution is -0.129. The number of benzene rings is 1. The Morgan fingerprint density at radius 2 is 1.92 bits per heavy atom. The van der Waals surface area contributed by atoms with E-state index >= 15 is 0 Å². The van der Waals surface area contributed by atoms with Gasteiger partial charge < -0.3 is 11.1 Å². The van der Waals surface area contributed by atoms with Gasteiger partial charge in [0.05, 0.1) is 18.0 Å². The van der Waals surface area contributed by atoms with Crippen molar-refractivity contribution in [1.82, 2.24) is 10.2 Å². The molecule has 7 heteroatoms. The molecular formula is C17H21F2N3O2. The van der Waals surface area contributed by atoms with Gasteiger partial charge in [0.25, 0.3) is 0 Å². The van der Waals surface area contributed by atoms with E-state index in [1.54, 1.807) is 0 Å². The number of nitrogens with two attached hydrogens (primary N) is 1. The second-order valence-electron chi connectivity index (χ2n) is 6.77. The second-order valence-corrected chi connectivity index (χ2v) is 6.77. The number of carbonyl (C=O) groups is 2. The molecular weight excluding hydrogens is 316 g/mol. The number of piperidine rings is 1. The van der Waals surface area contributed by atoms with Crippen LogP contribution in [-0.2, 0) is 15.1 Å². The number of nitrogens with one attached hydrogen (secondary N) is 1. The Kier molecular flexibility index (Phi) is 4.54. The second kappa shape index (κ2) is 6.47. The van der Waals surface area contributed by atoms with Crippen LogP contribution in [0.5, 0.6) is 0 Å². The third-order valence-corrected chi connectivity index (χ3v) is 4.78. The smallest absolute Gasteiger partial charge is 0.231 e. The summed E-state index contributed by atoms with van der Waals surface area (Å²) in [7, 11) is 0. The maximum atomic E-state index is 13.4. The van der Waals surface area contributed by atoms with Gasteiger partial charge in [-0.2, -0.15) is 0 Å². The Hall–Kier alpha value is -2.02. The Balaban J connectivity index is 1.66. The predicted molar refractivity (Wildman–Crippen MR) is 83.8 cm³/mol. The molecule has 3 rings (SSSR count). The summed E-state index contributed by atoms with van der Waals surface area (Å²) in [6.45, 7) is 1.36. The monoisotopic (exact) mass is 337 g/mol. The Bertz CT molecular complexity index is 641. The number of likely N-dealkylation sites (tertiary alicyclic amines) is 1. The van der Waals surface area contributed by atoms with Crippen molar-refractivity contribution < 1.29 is 18.4 Å². The fourth-order valence-corrected chi connectivity index (χ4v) is 3.41. The average molecular weight is 337 g/mol. The van der Waals surface area contributed by atoms with Crippen LogP contribution in [0.1, 0.15) is 31.2 Å². The third kappa shape index (κ3) is 3.72. The molecule has 0 bridgehead atoms. The molecule has 1 aromatic rings. The van der Waals surface area contributed by atoms with Gasteiger partial charge in [-0.05, 0) is 49.9 Å². The zero-order valence-corrected chi connectivity index (χ0v) is 13.4. The van der Waals surface area contributed by atoms with Crippen LogP contribution in [0.15, 0.2) is 18.2 Å². The van der Waals surface area contributed by atoms with E-state index in [1.807, 2.05) is 4.90 Å². The minimum absolute atomic E-state index is 0.133. The molecule has 5 nitrogen and oxygen atoms in total. The van der Waals surface area contributed by atoms with Gasteiger partial charge in [0.2, 0.25) is 11.8 Å². The van der Waals surface area contributed by atoms with Gasteiger partial charge in [0.1, 0.15) is 11.6 Å². The summed E-state index contributed by atoms with van der Waals surface area (Å²) < 4.78 is 26.9. The summed E-state index contributed by atoms with van der Waals surface area (Å²) in [6, 6.07) is 3.37. The molecule has 1 aliphatic heterocycles. The first-order chi connectivity index (χ1) is 11.4. The van der Waals surface area contributed by atoms with E-state index in [1.165, 1.54) is 12.1 Å². The largest absolute Gasteiger partial charge is 0.369 e. The van der Waals surface area contributed by atoms with E-state index in [9.17, 15) is 18.4 Å². The van der Waals surface area contributed by atoms with Crippen molar-refractivity contribution in [3.05, 3.63) is 35.4 Å². The van der Waals surface area contributed by atoms with Crippen LogP contribution in [0.25, 0.3) is 0 Å². The molecule has 1 saturated carbocycles. The molecule has 1 aliphatic carbocycles. The highest BCUT2D eigenvalue weighted by atomic mass is 19.1. The quantitative estimate of drug-likeness (QED) is 0.850. The molecule has 130 valence electrons. The normalized spacial score (nSPS) is 22.8. The minimum atomic E-state index is -0.661. The van der Waals surface area contributed by atoms with Gasteiger partial charge in [0.15, 0.2) is 0 Å². The fourth-order valence-electron chi connectivity index (χ4n) is 3.41. The Labute approximate surface area is 139 Å². The first-order valence-corrected chi connectivity index (χ1v) is 8.17. The molecule has 1 saturated heterocycles. The average Bonchev–Trinajstić information content (AvgIpc) is 3.26. The van der Waals surface area contributed by atoms with Gasteiger partial charge in [0, 0.05) is 12.6 Å². The highest BCUT2D eigenvalue weighted by Crippen LogP contribution is 2.46. The number of hydrogen-bond donors (Lipinski definition) is 2. The van der Waals surface area contributed by atoms with Crippen molar-refractivity contribution in [2.75, 3.05) is 19.6 Å². The number of rotatable bonds is 5. The highest BCUT2D eigenvalue weighted by molar-refractivity contribution is 5.81. The zero-order valence-electron chi connectivity index (χ0n) is 13.4. The zero-order chi connectivity index (χ0) is 17.3. The van der Waals surface area contributed by atoms with E-state index in [4.69, 9.17) is 5.73 Å². The predicted octanol–water partition coefficient (Wildman–Crippen LogP) is 1.27. The third-order valence-electron chi connectivity index (χ3n) is 4.78. The summed E-state index contributed by atoms with van der Waals surface area (Å²) in [6.07, 6.45) is 2.88. The van der Waals surface area contributed by atoms with Crippen molar-refractivity contribution in [2.24, 2.45) is 11.7 Å². The standard InChI is InChI=1S/C17H21F2N3O2/c18-13-6-12(7-14(19)8-13)17(3-4-17)21-16(24)11-2-1-5-22(9-11)10-15(20)23/h6-8,11H,1-5,9-10H2,(H2,20,23)(H,21,24)/t11-/m1/s1. The van der Waals surface area contributed by atoms with Crippen molar-refractivity contribution in [2.45, 2.75) is 31.2 Å². The van der Waals surface area contributed by atoms with E-state index < -0.39 is 23.1 Å². The Morgan fingerprint density at radius 3 is 2.50 bits per heavy atom. The van der Waals surface area contributed by atoms with Crippen LogP contribution in [-0.4, -0.2) is 36.3 Å². The van der Waals surface area contributed by atoms with Crippen molar-refractivity contribution in [1.29, 1.82) is 0 Å². The summed E-state index contributed by atoms with van der Waals surface area (Å²) in [5, 5.41) is 2.97. The summed E-state index contributed by atoms with van der Waals surface area (Å²) >= 11 is 0. The molecule has 2 aliphatic rings. The van der Waals surface area contributed by atoms with E-state index in [0.29, 0.717) is 24.9 Å². The van der Waals surface area contributed by atoms with Gasteiger partial charge >= 0.3 is 0 Å². The van der Waals surface area contributed by atoms with Crippen molar-refractivity contribution >= 4 is 11.8 Å². The van der Waals surface area contributed by atoms with E-state index in [2.05, 4.69) is 5.32 Å². The number of amides is 2. The van der Waals surface area contributed by atoms with Crippen LogP contribution in [0, 0.1) is 17.6 Å². The molecule has 0 aromatic heterocycles. The lowest BCUT2D eigenvalue weighted by Crippen LogP contribution is -2.47.